The predicted octanol–water partition coefficient (Wildman–Crippen LogP) is 5.85. The molecule has 0 amide bonds. The van der Waals surface area contributed by atoms with Crippen LogP contribution in [0.4, 0.5) is 0 Å². The maximum absolute atomic E-state index is 12.1. The molecule has 0 N–H and O–H groups in total. The summed E-state index contributed by atoms with van der Waals surface area (Å²) >= 11 is 0. The summed E-state index contributed by atoms with van der Waals surface area (Å²) in [5.41, 5.74) is 7.60. The summed E-state index contributed by atoms with van der Waals surface area (Å²) in [7, 11) is 4.09. The molecule has 174 valence electrons. The minimum atomic E-state index is -0.110. The maximum atomic E-state index is 12.1. The van der Waals surface area contributed by atoms with Gasteiger partial charge in [-0.05, 0) is 97.4 Å². The number of carbonyl (C=O) groups is 1. The highest BCUT2D eigenvalue weighted by atomic mass is 16.5. The summed E-state index contributed by atoms with van der Waals surface area (Å²) in [4.78, 5) is 14.2. The lowest BCUT2D eigenvalue weighted by Gasteiger charge is -2.16. The van der Waals surface area contributed by atoms with E-state index < -0.39 is 0 Å². The number of carbonyl (C=O) groups excluding carboxylic acids is 1. The molecule has 3 aromatic rings. The van der Waals surface area contributed by atoms with Crippen molar-refractivity contribution < 1.29 is 14.3 Å². The highest BCUT2D eigenvalue weighted by molar-refractivity contribution is 6.00. The third kappa shape index (κ3) is 5.07. The van der Waals surface area contributed by atoms with Gasteiger partial charge < -0.3 is 14.4 Å². The van der Waals surface area contributed by atoms with E-state index in [0.717, 1.165) is 49.1 Å². The lowest BCUT2D eigenvalue weighted by atomic mass is 9.90. The van der Waals surface area contributed by atoms with Crippen molar-refractivity contribution in [1.29, 1.82) is 0 Å². The summed E-state index contributed by atoms with van der Waals surface area (Å²) in [6.07, 6.45) is 3.95. The van der Waals surface area contributed by atoms with E-state index >= 15 is 0 Å². The maximum Gasteiger partial charge on any atom is 0.314 e. The van der Waals surface area contributed by atoms with Gasteiger partial charge in [0.25, 0.3) is 0 Å². The number of hydrogen-bond donors (Lipinski definition) is 0. The van der Waals surface area contributed by atoms with E-state index in [9.17, 15) is 4.79 Å². The average molecular weight is 454 g/mol. The highest BCUT2D eigenvalue weighted by Crippen LogP contribution is 2.41. The van der Waals surface area contributed by atoms with Crippen LogP contribution in [0.25, 0.3) is 11.1 Å². The van der Waals surface area contributed by atoms with E-state index in [1.54, 1.807) is 0 Å². The molecular weight excluding hydrogens is 422 g/mol. The van der Waals surface area contributed by atoms with Gasteiger partial charge in [0.2, 0.25) is 0 Å². The van der Waals surface area contributed by atoms with E-state index in [1.807, 2.05) is 26.2 Å². The second kappa shape index (κ2) is 9.86. The molecule has 4 heteroatoms. The minimum Gasteiger partial charge on any atom is -0.492 e. The van der Waals surface area contributed by atoms with Crippen LogP contribution in [0, 0.1) is 5.92 Å². The van der Waals surface area contributed by atoms with Crippen molar-refractivity contribution >= 4 is 17.1 Å². The van der Waals surface area contributed by atoms with Gasteiger partial charge in [-0.1, -0.05) is 48.5 Å². The Morgan fingerprint density at radius 3 is 2.15 bits per heavy atom. The van der Waals surface area contributed by atoms with Crippen LogP contribution in [0.1, 0.15) is 41.5 Å². The summed E-state index contributed by atoms with van der Waals surface area (Å²) in [5.74, 6) is 1.47. The van der Waals surface area contributed by atoms with Gasteiger partial charge in [0.15, 0.2) is 0 Å². The molecule has 0 atom stereocenters. The van der Waals surface area contributed by atoms with Crippen molar-refractivity contribution in [2.24, 2.45) is 5.92 Å². The van der Waals surface area contributed by atoms with Crippen LogP contribution in [-0.4, -0.2) is 38.1 Å². The Kier molecular flexibility index (Phi) is 6.50. The molecule has 0 bridgehead atoms. The van der Waals surface area contributed by atoms with Crippen molar-refractivity contribution in [2.45, 2.75) is 25.7 Å². The first-order chi connectivity index (χ1) is 16.6. The molecule has 0 spiro atoms. The monoisotopic (exact) mass is 453 g/mol. The molecule has 3 aromatic carbocycles. The van der Waals surface area contributed by atoms with Crippen molar-refractivity contribution in [2.75, 3.05) is 27.2 Å². The number of benzene rings is 3. The summed E-state index contributed by atoms with van der Waals surface area (Å²) < 4.78 is 11.5. The highest BCUT2D eigenvalue weighted by Gasteiger charge is 2.31. The van der Waals surface area contributed by atoms with Gasteiger partial charge in [-0.15, -0.1) is 0 Å². The van der Waals surface area contributed by atoms with Gasteiger partial charge in [-0.3, -0.25) is 4.79 Å². The Hall–Kier alpha value is -3.37. The van der Waals surface area contributed by atoms with E-state index in [-0.39, 0.29) is 11.9 Å². The summed E-state index contributed by atoms with van der Waals surface area (Å²) in [5, 5.41) is 0. The standard InChI is InChI=1S/C30H31NO3/c1-31(2)19-20-33-25-14-9-22(10-15-25)29(28-18-13-21-5-3-4-6-27(21)28)23-11-16-26(17-12-23)34-30(32)24-7-8-24/h3-6,9-12,14-17,24H,7-8,13,18-20H2,1-2H3. The average Bonchev–Trinajstić information content (AvgIpc) is 3.62. The van der Waals surface area contributed by atoms with Crippen LogP contribution in [0.5, 0.6) is 11.5 Å². The molecule has 4 nitrogen and oxygen atoms in total. The van der Waals surface area contributed by atoms with Crippen LogP contribution in [0.2, 0.25) is 0 Å². The van der Waals surface area contributed by atoms with Gasteiger partial charge >= 0.3 is 5.97 Å². The summed E-state index contributed by atoms with van der Waals surface area (Å²) in [6.45, 7) is 1.54. The number of aryl methyl sites for hydroxylation is 1. The van der Waals surface area contributed by atoms with Crippen LogP contribution >= 0.6 is 0 Å². The van der Waals surface area contributed by atoms with E-state index in [4.69, 9.17) is 9.47 Å². The van der Waals surface area contributed by atoms with Gasteiger partial charge in [-0.2, -0.15) is 0 Å². The number of fused-ring (bicyclic) bond motifs is 1. The fourth-order valence-corrected chi connectivity index (χ4v) is 4.47. The van der Waals surface area contributed by atoms with Crippen LogP contribution < -0.4 is 9.47 Å². The van der Waals surface area contributed by atoms with E-state index in [0.29, 0.717) is 12.4 Å². The fourth-order valence-electron chi connectivity index (χ4n) is 4.47. The van der Waals surface area contributed by atoms with Crippen LogP contribution in [0.3, 0.4) is 0 Å². The van der Waals surface area contributed by atoms with Gasteiger partial charge in [-0.25, -0.2) is 0 Å². The normalized spacial score (nSPS) is 16.3. The lowest BCUT2D eigenvalue weighted by molar-refractivity contribution is -0.135. The number of rotatable bonds is 8. The molecule has 0 aromatic heterocycles. The first-order valence-electron chi connectivity index (χ1n) is 12.1. The molecule has 1 saturated carbocycles. The first-order valence-corrected chi connectivity index (χ1v) is 12.1. The molecule has 5 rings (SSSR count). The Morgan fingerprint density at radius 2 is 1.50 bits per heavy atom. The minimum absolute atomic E-state index is 0.0887. The second-order valence-electron chi connectivity index (χ2n) is 9.41. The first kappa shape index (κ1) is 22.4. The molecule has 2 aliphatic rings. The Labute approximate surface area is 201 Å². The van der Waals surface area contributed by atoms with Crippen molar-refractivity contribution in [1.82, 2.24) is 4.90 Å². The van der Waals surface area contributed by atoms with E-state index in [2.05, 4.69) is 65.6 Å². The third-order valence-corrected chi connectivity index (χ3v) is 6.51. The number of allylic oxidation sites excluding steroid dienone is 1. The van der Waals surface area contributed by atoms with Crippen molar-refractivity contribution in [3.05, 3.63) is 95.1 Å². The van der Waals surface area contributed by atoms with Crippen molar-refractivity contribution in [3.8, 4) is 11.5 Å². The Balaban J connectivity index is 1.47. The molecule has 1 fully saturated rings. The van der Waals surface area contributed by atoms with Crippen LogP contribution in [-0.2, 0) is 11.2 Å². The van der Waals surface area contributed by atoms with Gasteiger partial charge in [0.1, 0.15) is 18.1 Å². The molecule has 2 aliphatic carbocycles. The molecule has 0 heterocycles. The molecule has 0 saturated heterocycles. The number of likely N-dealkylation sites (N-methyl/N-ethyl adjacent to an activating group) is 1. The predicted molar refractivity (Wildman–Crippen MR) is 136 cm³/mol. The quantitative estimate of drug-likeness (QED) is 0.317. The fraction of sp³-hybridized carbons (Fsp3) is 0.300. The van der Waals surface area contributed by atoms with Crippen molar-refractivity contribution in [3.63, 3.8) is 0 Å². The largest absolute Gasteiger partial charge is 0.492 e. The topological polar surface area (TPSA) is 38.8 Å². The zero-order valence-electron chi connectivity index (χ0n) is 19.9. The molecule has 0 unspecified atom stereocenters. The smallest absolute Gasteiger partial charge is 0.314 e. The second-order valence-corrected chi connectivity index (χ2v) is 9.41. The van der Waals surface area contributed by atoms with Gasteiger partial charge in [0.05, 0.1) is 5.92 Å². The number of nitrogens with zero attached hydrogens (tertiary/aromatic N) is 1. The molecule has 0 radical (unpaired) electrons. The lowest BCUT2D eigenvalue weighted by Crippen LogP contribution is -2.19. The SMILES string of the molecule is CN(C)CCOc1ccc(C(=C2CCc3ccccc32)c2ccc(OC(=O)C3CC3)cc2)cc1. The molecule has 0 aliphatic heterocycles. The summed E-state index contributed by atoms with van der Waals surface area (Å²) in [6, 6.07) is 25.0. The molecular formula is C30H31NO3. The number of esters is 1. The zero-order chi connectivity index (χ0) is 23.5. The van der Waals surface area contributed by atoms with Crippen LogP contribution in [0.15, 0.2) is 72.8 Å². The number of ether oxygens (including phenoxy) is 2. The number of hydrogen-bond acceptors (Lipinski definition) is 4. The zero-order valence-corrected chi connectivity index (χ0v) is 19.9. The Bertz CT molecular complexity index is 1190. The van der Waals surface area contributed by atoms with Gasteiger partial charge in [0, 0.05) is 6.54 Å². The molecule has 34 heavy (non-hydrogen) atoms. The van der Waals surface area contributed by atoms with E-state index in [1.165, 1.54) is 22.3 Å². The Morgan fingerprint density at radius 1 is 0.853 bits per heavy atom. The third-order valence-electron chi connectivity index (χ3n) is 6.51.